The molecule has 23 heavy (non-hydrogen) atoms. The van der Waals surface area contributed by atoms with E-state index in [1.54, 1.807) is 32.9 Å². The Hall–Kier alpha value is -0.860. The Labute approximate surface area is 158 Å². The molecule has 0 heterocycles. The monoisotopic (exact) mass is 471 g/mol. The molecule has 1 rings (SSSR count). The molecule has 0 saturated heterocycles. The number of carbonyl (C=O) groups is 2. The van der Waals surface area contributed by atoms with Gasteiger partial charge in [0.25, 0.3) is 0 Å². The van der Waals surface area contributed by atoms with Crippen molar-refractivity contribution in [1.29, 1.82) is 0 Å². The van der Waals surface area contributed by atoms with Crippen LogP contribution in [0.15, 0.2) is 17.1 Å². The normalized spacial score (nSPS) is 13.0. The van der Waals surface area contributed by atoms with Crippen LogP contribution in [-0.4, -0.2) is 29.9 Å². The van der Waals surface area contributed by atoms with Crippen LogP contribution in [0.5, 0.6) is 0 Å². The van der Waals surface area contributed by atoms with E-state index in [1.807, 2.05) is 22.6 Å². The Balaban J connectivity index is 2.72. The summed E-state index contributed by atoms with van der Waals surface area (Å²) in [4.78, 5) is 27.4. The van der Waals surface area contributed by atoms with Crippen LogP contribution >= 0.6 is 45.8 Å². The van der Waals surface area contributed by atoms with Gasteiger partial charge in [0.1, 0.15) is 11.8 Å². The third-order valence-electron chi connectivity index (χ3n) is 2.31. The molecular weight excluding hydrogens is 456 g/mol. The first-order valence-electron chi connectivity index (χ1n) is 6.61. The lowest BCUT2D eigenvalue weighted by Gasteiger charge is -2.21. The smallest absolute Gasteiger partial charge is 0.350 e. The molecule has 0 spiro atoms. The van der Waals surface area contributed by atoms with E-state index in [2.05, 4.69) is 4.99 Å². The summed E-state index contributed by atoms with van der Waals surface area (Å²) >= 11 is 13.9. The highest BCUT2D eigenvalue weighted by atomic mass is 127. The third kappa shape index (κ3) is 7.05. The molecular formula is C15H16Cl2INO4. The molecule has 126 valence electrons. The quantitative estimate of drug-likeness (QED) is 0.279. The van der Waals surface area contributed by atoms with E-state index < -0.39 is 23.6 Å². The molecule has 0 unspecified atom stereocenters. The summed E-state index contributed by atoms with van der Waals surface area (Å²) in [7, 11) is 0. The highest BCUT2D eigenvalue weighted by Gasteiger charge is 2.24. The van der Waals surface area contributed by atoms with Crippen molar-refractivity contribution in [1.82, 2.24) is 0 Å². The molecule has 1 atom stereocenters. The van der Waals surface area contributed by atoms with Crippen molar-refractivity contribution < 1.29 is 19.1 Å². The molecule has 0 aliphatic heterocycles. The van der Waals surface area contributed by atoms with Crippen LogP contribution in [-0.2, 0) is 19.1 Å². The number of halogens is 3. The van der Waals surface area contributed by atoms with Crippen LogP contribution in [0.2, 0.25) is 10.0 Å². The molecule has 0 N–H and O–H groups in total. The van der Waals surface area contributed by atoms with Crippen molar-refractivity contribution in [3.05, 3.63) is 25.7 Å². The number of esters is 2. The lowest BCUT2D eigenvalue weighted by molar-refractivity contribution is -0.171. The Bertz CT molecular complexity index is 641. The number of carbonyl (C=O) groups excluding carboxylic acids is 2. The average molecular weight is 472 g/mol. The van der Waals surface area contributed by atoms with Gasteiger partial charge in [0, 0.05) is 5.02 Å². The number of benzene rings is 1. The summed E-state index contributed by atoms with van der Waals surface area (Å²) in [5.41, 5.74) is -0.218. The van der Waals surface area contributed by atoms with Crippen molar-refractivity contribution >= 4 is 69.6 Å². The fraction of sp³-hybridized carbons (Fsp3) is 0.400. The second-order valence-electron chi connectivity index (χ2n) is 5.59. The van der Waals surface area contributed by atoms with Gasteiger partial charge in [-0.15, -0.1) is 0 Å². The zero-order valence-corrected chi connectivity index (χ0v) is 16.7. The van der Waals surface area contributed by atoms with Crippen LogP contribution in [0, 0.1) is 3.57 Å². The summed E-state index contributed by atoms with van der Waals surface area (Å²) in [6, 6.07) is 3.14. The summed E-state index contributed by atoms with van der Waals surface area (Å²) in [6.45, 7) is 6.61. The van der Waals surface area contributed by atoms with E-state index in [9.17, 15) is 9.59 Å². The topological polar surface area (TPSA) is 65.0 Å². The SMILES string of the molecule is C[C@@H](OC(=O)C=Nc1cc(Cl)cc(Cl)c1I)C(=O)OC(C)(C)C. The van der Waals surface area contributed by atoms with Crippen molar-refractivity contribution in [3.8, 4) is 0 Å². The first-order valence-corrected chi connectivity index (χ1v) is 8.45. The van der Waals surface area contributed by atoms with E-state index in [0.717, 1.165) is 6.21 Å². The van der Waals surface area contributed by atoms with Crippen LogP contribution in [0.4, 0.5) is 5.69 Å². The van der Waals surface area contributed by atoms with Crippen LogP contribution in [0.1, 0.15) is 27.7 Å². The van der Waals surface area contributed by atoms with Gasteiger partial charge in [0.05, 0.1) is 14.3 Å². The van der Waals surface area contributed by atoms with Crippen molar-refractivity contribution in [3.63, 3.8) is 0 Å². The number of aliphatic imine (C=N–C) groups is 1. The number of rotatable bonds is 4. The Morgan fingerprint density at radius 3 is 2.48 bits per heavy atom. The lowest BCUT2D eigenvalue weighted by Crippen LogP contribution is -2.33. The maximum absolute atomic E-state index is 11.7. The molecule has 0 aromatic heterocycles. The summed E-state index contributed by atoms with van der Waals surface area (Å²) in [5.74, 6) is -1.39. The molecule has 0 bridgehead atoms. The second-order valence-corrected chi connectivity index (χ2v) is 7.51. The Kier molecular flexibility index (Phi) is 7.29. The van der Waals surface area contributed by atoms with E-state index in [1.165, 1.54) is 6.92 Å². The molecule has 0 radical (unpaired) electrons. The van der Waals surface area contributed by atoms with Gasteiger partial charge in [-0.1, -0.05) is 23.2 Å². The number of ether oxygens (including phenoxy) is 2. The van der Waals surface area contributed by atoms with E-state index >= 15 is 0 Å². The maximum atomic E-state index is 11.7. The first-order chi connectivity index (χ1) is 10.5. The fourth-order valence-electron chi connectivity index (χ4n) is 1.40. The van der Waals surface area contributed by atoms with E-state index in [0.29, 0.717) is 19.3 Å². The average Bonchev–Trinajstić information content (AvgIpc) is 2.39. The summed E-state index contributed by atoms with van der Waals surface area (Å²) in [5, 5.41) is 0.832. The van der Waals surface area contributed by atoms with Crippen molar-refractivity contribution in [2.45, 2.75) is 39.4 Å². The van der Waals surface area contributed by atoms with Gasteiger partial charge < -0.3 is 9.47 Å². The molecule has 8 heteroatoms. The highest BCUT2D eigenvalue weighted by Crippen LogP contribution is 2.32. The van der Waals surface area contributed by atoms with Crippen molar-refractivity contribution in [2.24, 2.45) is 4.99 Å². The maximum Gasteiger partial charge on any atom is 0.350 e. The predicted octanol–water partition coefficient (Wildman–Crippen LogP) is 4.57. The molecule has 1 aromatic carbocycles. The van der Waals surface area contributed by atoms with Crippen molar-refractivity contribution in [2.75, 3.05) is 0 Å². The Morgan fingerprint density at radius 1 is 1.30 bits per heavy atom. The van der Waals surface area contributed by atoms with Gasteiger partial charge in [0.15, 0.2) is 6.10 Å². The standard InChI is InChI=1S/C15H16Cl2INO4/c1-8(14(21)23-15(2,3)4)22-12(20)7-19-11-6-9(16)5-10(17)13(11)18/h5-8H,1-4H3/t8-/m1/s1. The van der Waals surface area contributed by atoms with Gasteiger partial charge in [-0.25, -0.2) is 14.6 Å². The molecule has 0 aliphatic carbocycles. The summed E-state index contributed by atoms with van der Waals surface area (Å²) < 4.78 is 10.7. The zero-order chi connectivity index (χ0) is 17.8. The molecule has 0 saturated carbocycles. The van der Waals surface area contributed by atoms with Gasteiger partial charge in [0.2, 0.25) is 0 Å². The first kappa shape index (κ1) is 20.2. The van der Waals surface area contributed by atoms with E-state index in [4.69, 9.17) is 32.7 Å². The van der Waals surface area contributed by atoms with E-state index in [-0.39, 0.29) is 0 Å². The minimum Gasteiger partial charge on any atom is -0.457 e. The zero-order valence-electron chi connectivity index (χ0n) is 13.0. The van der Waals surface area contributed by atoms with Gasteiger partial charge in [-0.2, -0.15) is 0 Å². The van der Waals surface area contributed by atoms with Gasteiger partial charge in [-0.3, -0.25) is 0 Å². The van der Waals surface area contributed by atoms with Gasteiger partial charge in [-0.05, 0) is 62.4 Å². The molecule has 5 nitrogen and oxygen atoms in total. The minimum atomic E-state index is -1.03. The van der Waals surface area contributed by atoms with Crippen LogP contribution in [0.3, 0.4) is 0 Å². The van der Waals surface area contributed by atoms with Gasteiger partial charge >= 0.3 is 11.9 Å². The number of hydrogen-bond acceptors (Lipinski definition) is 5. The summed E-state index contributed by atoms with van der Waals surface area (Å²) in [6.07, 6.45) is -0.0689. The second kappa shape index (κ2) is 8.30. The number of nitrogens with zero attached hydrogens (tertiary/aromatic N) is 1. The number of hydrogen-bond donors (Lipinski definition) is 0. The predicted molar refractivity (Wildman–Crippen MR) is 98.7 cm³/mol. The molecule has 0 amide bonds. The lowest BCUT2D eigenvalue weighted by atomic mass is 10.2. The molecule has 0 aliphatic rings. The Morgan fingerprint density at radius 2 is 1.91 bits per heavy atom. The molecule has 1 aromatic rings. The minimum absolute atomic E-state index is 0.401. The van der Waals surface area contributed by atoms with Crippen LogP contribution in [0.25, 0.3) is 0 Å². The highest BCUT2D eigenvalue weighted by molar-refractivity contribution is 14.1. The fourth-order valence-corrected chi connectivity index (χ4v) is 2.33. The van der Waals surface area contributed by atoms with Crippen LogP contribution < -0.4 is 0 Å². The third-order valence-corrected chi connectivity index (χ3v) is 4.28. The largest absolute Gasteiger partial charge is 0.457 e. The molecule has 0 fully saturated rings.